The Balaban J connectivity index is 1.37. The van der Waals surface area contributed by atoms with Crippen LogP contribution in [0.5, 0.6) is 0 Å². The van der Waals surface area contributed by atoms with Crippen LogP contribution in [-0.2, 0) is 5.41 Å². The van der Waals surface area contributed by atoms with Crippen molar-refractivity contribution < 1.29 is 0 Å². The van der Waals surface area contributed by atoms with Crippen LogP contribution in [0.4, 0.5) is 0 Å². The fourth-order valence-corrected chi connectivity index (χ4v) is 6.36. The molecule has 0 nitrogen and oxygen atoms in total. The maximum absolute atomic E-state index is 2.41. The Morgan fingerprint density at radius 1 is 0.667 bits per heavy atom. The average Bonchev–Trinajstić information content (AvgIpc) is 3.10. The average molecular weight is 423 g/mol. The zero-order chi connectivity index (χ0) is 22.2. The molecule has 1 unspecified atom stereocenters. The van der Waals surface area contributed by atoms with E-state index in [4.69, 9.17) is 0 Å². The molecule has 2 aliphatic rings. The molecule has 5 aromatic carbocycles. The van der Waals surface area contributed by atoms with Gasteiger partial charge in [-0.3, -0.25) is 0 Å². The van der Waals surface area contributed by atoms with Crippen molar-refractivity contribution in [2.24, 2.45) is 5.92 Å². The van der Waals surface area contributed by atoms with Crippen molar-refractivity contribution in [3.05, 3.63) is 120 Å². The summed E-state index contributed by atoms with van der Waals surface area (Å²) in [7, 11) is 0. The first-order chi connectivity index (χ1) is 16.1. The zero-order valence-electron chi connectivity index (χ0n) is 19.1. The Bertz CT molecular complexity index is 1660. The third-order valence-electron chi connectivity index (χ3n) is 8.16. The van der Waals surface area contributed by atoms with Gasteiger partial charge in [0.05, 0.1) is 0 Å². The van der Waals surface area contributed by atoms with Crippen LogP contribution in [0.25, 0.3) is 43.5 Å². The third-order valence-corrected chi connectivity index (χ3v) is 8.16. The molecule has 1 atom stereocenters. The second kappa shape index (κ2) is 6.68. The molecule has 0 N–H and O–H groups in total. The Morgan fingerprint density at radius 2 is 1.39 bits per heavy atom. The van der Waals surface area contributed by atoms with Crippen molar-refractivity contribution in [1.82, 2.24) is 0 Å². The molecule has 0 heteroatoms. The standard InChI is InChI=1S/C33H26/c1-33(2)30-10-6-5-9-28(30)29-18-16-24(20-31(29)33)23-15-17-27-25(19-23)14-13-22-12-11-21-7-3-4-8-26(21)32(22)27/h3-19,31H,20H2,1-2H3. The van der Waals surface area contributed by atoms with Gasteiger partial charge in [0.15, 0.2) is 0 Å². The normalized spacial score (nSPS) is 18.8. The van der Waals surface area contributed by atoms with Crippen molar-refractivity contribution in [3.8, 4) is 0 Å². The second-order valence-electron chi connectivity index (χ2n) is 10.2. The number of rotatable bonds is 1. The predicted octanol–water partition coefficient (Wildman–Crippen LogP) is 8.92. The molecule has 0 aliphatic heterocycles. The summed E-state index contributed by atoms with van der Waals surface area (Å²) in [5.74, 6) is 0.533. The minimum atomic E-state index is 0.161. The summed E-state index contributed by atoms with van der Waals surface area (Å²) in [5.41, 5.74) is 7.41. The van der Waals surface area contributed by atoms with Crippen LogP contribution in [0.15, 0.2) is 103 Å². The van der Waals surface area contributed by atoms with Gasteiger partial charge in [0, 0.05) is 0 Å². The number of hydrogen-bond donors (Lipinski definition) is 0. The van der Waals surface area contributed by atoms with Gasteiger partial charge in [-0.1, -0.05) is 111 Å². The molecule has 2 aliphatic carbocycles. The van der Waals surface area contributed by atoms with Gasteiger partial charge in [0.1, 0.15) is 0 Å². The topological polar surface area (TPSA) is 0 Å². The SMILES string of the molecule is CC1(C)c2ccccc2C2=CC=C(c3ccc4c(ccc5ccc6ccccc6c54)c3)CC21. The Morgan fingerprint density at radius 3 is 2.30 bits per heavy atom. The van der Waals surface area contributed by atoms with Gasteiger partial charge in [-0.15, -0.1) is 0 Å². The van der Waals surface area contributed by atoms with Gasteiger partial charge >= 0.3 is 0 Å². The highest BCUT2D eigenvalue weighted by molar-refractivity contribution is 6.20. The zero-order valence-corrected chi connectivity index (χ0v) is 19.1. The van der Waals surface area contributed by atoms with Crippen LogP contribution < -0.4 is 0 Å². The fourth-order valence-electron chi connectivity index (χ4n) is 6.36. The number of benzene rings is 5. The van der Waals surface area contributed by atoms with E-state index in [1.165, 1.54) is 60.2 Å². The largest absolute Gasteiger partial charge is 0.0619 e. The van der Waals surface area contributed by atoms with Crippen molar-refractivity contribution in [2.75, 3.05) is 0 Å². The van der Waals surface area contributed by atoms with Crippen LogP contribution >= 0.6 is 0 Å². The van der Waals surface area contributed by atoms with Crippen LogP contribution in [0.2, 0.25) is 0 Å². The molecule has 0 spiro atoms. The minimum Gasteiger partial charge on any atom is -0.0619 e. The maximum atomic E-state index is 2.41. The maximum Gasteiger partial charge on any atom is -0.00232 e. The Labute approximate surface area is 194 Å². The van der Waals surface area contributed by atoms with E-state index in [1.807, 2.05) is 0 Å². The van der Waals surface area contributed by atoms with E-state index in [1.54, 1.807) is 0 Å². The summed E-state index contributed by atoms with van der Waals surface area (Å²) in [6, 6.07) is 33.8. The van der Waals surface area contributed by atoms with Gasteiger partial charge in [0.25, 0.3) is 0 Å². The van der Waals surface area contributed by atoms with E-state index in [0.29, 0.717) is 5.92 Å². The predicted molar refractivity (Wildman–Crippen MR) is 142 cm³/mol. The van der Waals surface area contributed by atoms with Crippen LogP contribution in [0.1, 0.15) is 37.0 Å². The summed E-state index contributed by atoms with van der Waals surface area (Å²) < 4.78 is 0. The Kier molecular flexibility index (Phi) is 3.82. The van der Waals surface area contributed by atoms with Gasteiger partial charge < -0.3 is 0 Å². The van der Waals surface area contributed by atoms with Crippen LogP contribution in [-0.4, -0.2) is 0 Å². The van der Waals surface area contributed by atoms with Gasteiger partial charge in [0.2, 0.25) is 0 Å². The molecule has 0 bridgehead atoms. The molecule has 0 saturated carbocycles. The molecule has 0 radical (unpaired) electrons. The van der Waals surface area contributed by atoms with Crippen molar-refractivity contribution in [3.63, 3.8) is 0 Å². The molecule has 158 valence electrons. The summed E-state index contributed by atoms with van der Waals surface area (Å²) >= 11 is 0. The highest BCUT2D eigenvalue weighted by Crippen LogP contribution is 2.54. The molecule has 33 heavy (non-hydrogen) atoms. The number of allylic oxidation sites excluding steroid dienone is 4. The molecular weight excluding hydrogens is 396 g/mol. The molecule has 0 aromatic heterocycles. The third kappa shape index (κ3) is 2.64. The van der Waals surface area contributed by atoms with E-state index >= 15 is 0 Å². The van der Waals surface area contributed by atoms with Crippen molar-refractivity contribution in [2.45, 2.75) is 25.7 Å². The number of hydrogen-bond acceptors (Lipinski definition) is 0. The molecule has 0 amide bonds. The lowest BCUT2D eigenvalue weighted by atomic mass is 9.72. The van der Waals surface area contributed by atoms with Gasteiger partial charge in [-0.05, 0) is 84.0 Å². The lowest BCUT2D eigenvalue weighted by molar-refractivity contribution is 0.418. The first-order valence-electron chi connectivity index (χ1n) is 12.0. The molecular formula is C33H26. The summed E-state index contributed by atoms with van der Waals surface area (Å²) in [4.78, 5) is 0. The van der Waals surface area contributed by atoms with Crippen molar-refractivity contribution >= 4 is 43.5 Å². The molecule has 5 aromatic rings. The highest BCUT2D eigenvalue weighted by atomic mass is 14.5. The van der Waals surface area contributed by atoms with Crippen LogP contribution in [0, 0.1) is 5.92 Å². The first-order valence-corrected chi connectivity index (χ1v) is 12.0. The lowest BCUT2D eigenvalue weighted by Gasteiger charge is -2.31. The molecule has 0 heterocycles. The lowest BCUT2D eigenvalue weighted by Crippen LogP contribution is -2.24. The van der Waals surface area contributed by atoms with Crippen LogP contribution in [0.3, 0.4) is 0 Å². The smallest absolute Gasteiger partial charge is 0.00232 e. The monoisotopic (exact) mass is 422 g/mol. The minimum absolute atomic E-state index is 0.161. The second-order valence-corrected chi connectivity index (χ2v) is 10.2. The van der Waals surface area contributed by atoms with E-state index in [9.17, 15) is 0 Å². The highest BCUT2D eigenvalue weighted by Gasteiger charge is 2.43. The molecule has 0 fully saturated rings. The molecule has 0 saturated heterocycles. The van der Waals surface area contributed by atoms with Crippen molar-refractivity contribution in [1.29, 1.82) is 0 Å². The van der Waals surface area contributed by atoms with E-state index < -0.39 is 0 Å². The molecule has 7 rings (SSSR count). The van der Waals surface area contributed by atoms with E-state index in [-0.39, 0.29) is 5.41 Å². The number of fused-ring (bicyclic) bond motifs is 8. The Hall–Kier alpha value is -3.64. The summed E-state index contributed by atoms with van der Waals surface area (Å²) in [6.45, 7) is 4.83. The van der Waals surface area contributed by atoms with Gasteiger partial charge in [-0.25, -0.2) is 0 Å². The van der Waals surface area contributed by atoms with Gasteiger partial charge in [-0.2, -0.15) is 0 Å². The fraction of sp³-hybridized carbons (Fsp3) is 0.152. The van der Waals surface area contributed by atoms with E-state index in [2.05, 4.69) is 117 Å². The first kappa shape index (κ1) is 18.9. The summed E-state index contributed by atoms with van der Waals surface area (Å²) in [5, 5.41) is 7.98. The quantitative estimate of drug-likeness (QED) is 0.237. The summed E-state index contributed by atoms with van der Waals surface area (Å²) in [6.07, 6.45) is 5.84. The van der Waals surface area contributed by atoms with E-state index in [0.717, 1.165) is 6.42 Å².